The van der Waals surface area contributed by atoms with Crippen LogP contribution >= 0.6 is 0 Å². The highest BCUT2D eigenvalue weighted by atomic mass is 16.5. The lowest BCUT2D eigenvalue weighted by atomic mass is 10.2. The van der Waals surface area contributed by atoms with Gasteiger partial charge in [-0.25, -0.2) is 0 Å². The number of anilines is 1. The number of ether oxygens (including phenoxy) is 1. The van der Waals surface area contributed by atoms with Gasteiger partial charge < -0.3 is 10.1 Å². The predicted octanol–water partition coefficient (Wildman–Crippen LogP) is 3.73. The quantitative estimate of drug-likeness (QED) is 0.884. The zero-order chi connectivity index (χ0) is 13.5. The van der Waals surface area contributed by atoms with Crippen LogP contribution in [-0.4, -0.2) is 12.5 Å². The molecule has 0 radical (unpaired) electrons. The smallest absolute Gasteiger partial charge is 0.259 e. The first kappa shape index (κ1) is 13.1. The average Bonchev–Trinajstić information content (AvgIpc) is 2.46. The van der Waals surface area contributed by atoms with Gasteiger partial charge in [0.25, 0.3) is 5.91 Å². The number of para-hydroxylation sites is 2. The SMILES string of the molecule is CCCOc1ccccc1C(=O)Nc1ccccc1. The second-order valence-electron chi connectivity index (χ2n) is 4.16. The minimum absolute atomic E-state index is 0.155. The Bertz CT molecular complexity index is 537. The highest BCUT2D eigenvalue weighted by Gasteiger charge is 2.11. The van der Waals surface area contributed by atoms with E-state index in [1.165, 1.54) is 0 Å². The van der Waals surface area contributed by atoms with E-state index in [-0.39, 0.29) is 5.91 Å². The Morgan fingerprint density at radius 3 is 2.47 bits per heavy atom. The molecule has 2 rings (SSSR count). The Labute approximate surface area is 113 Å². The largest absolute Gasteiger partial charge is 0.493 e. The van der Waals surface area contributed by atoms with Crippen LogP contribution in [0.5, 0.6) is 5.75 Å². The number of amides is 1. The van der Waals surface area contributed by atoms with Crippen molar-refractivity contribution in [1.82, 2.24) is 0 Å². The molecule has 0 aromatic heterocycles. The summed E-state index contributed by atoms with van der Waals surface area (Å²) in [4.78, 5) is 12.2. The first-order chi connectivity index (χ1) is 9.31. The Kier molecular flexibility index (Phi) is 4.56. The van der Waals surface area contributed by atoms with Crippen molar-refractivity contribution in [3.8, 4) is 5.75 Å². The van der Waals surface area contributed by atoms with Gasteiger partial charge in [0.2, 0.25) is 0 Å². The molecule has 98 valence electrons. The summed E-state index contributed by atoms with van der Waals surface area (Å²) in [5, 5.41) is 2.86. The van der Waals surface area contributed by atoms with Gasteiger partial charge in [-0.2, -0.15) is 0 Å². The molecular weight excluding hydrogens is 238 g/mol. The normalized spacial score (nSPS) is 9.95. The van der Waals surface area contributed by atoms with E-state index >= 15 is 0 Å². The molecule has 1 N–H and O–H groups in total. The van der Waals surface area contributed by atoms with E-state index in [9.17, 15) is 4.79 Å². The first-order valence-corrected chi connectivity index (χ1v) is 6.39. The summed E-state index contributed by atoms with van der Waals surface area (Å²) in [6.07, 6.45) is 0.911. The van der Waals surface area contributed by atoms with Gasteiger partial charge in [-0.3, -0.25) is 4.79 Å². The maximum Gasteiger partial charge on any atom is 0.259 e. The third-order valence-corrected chi connectivity index (χ3v) is 2.63. The van der Waals surface area contributed by atoms with Gasteiger partial charge in [0.05, 0.1) is 12.2 Å². The molecule has 1 amide bonds. The van der Waals surface area contributed by atoms with Crippen molar-refractivity contribution in [3.63, 3.8) is 0 Å². The van der Waals surface area contributed by atoms with E-state index < -0.39 is 0 Å². The summed E-state index contributed by atoms with van der Waals surface area (Å²) in [6, 6.07) is 16.7. The molecule has 0 spiro atoms. The van der Waals surface area contributed by atoms with Gasteiger partial charge in [0.1, 0.15) is 5.75 Å². The highest BCUT2D eigenvalue weighted by molar-refractivity contribution is 6.06. The molecule has 0 aliphatic rings. The summed E-state index contributed by atoms with van der Waals surface area (Å²) >= 11 is 0. The van der Waals surface area contributed by atoms with Gasteiger partial charge in [-0.15, -0.1) is 0 Å². The van der Waals surface area contributed by atoms with Crippen molar-refractivity contribution in [1.29, 1.82) is 0 Å². The number of nitrogens with one attached hydrogen (secondary N) is 1. The number of carbonyl (C=O) groups is 1. The number of hydrogen-bond acceptors (Lipinski definition) is 2. The molecule has 0 aliphatic heterocycles. The van der Waals surface area contributed by atoms with Crippen molar-refractivity contribution in [3.05, 3.63) is 60.2 Å². The Balaban J connectivity index is 2.14. The van der Waals surface area contributed by atoms with Crippen molar-refractivity contribution < 1.29 is 9.53 Å². The van der Waals surface area contributed by atoms with Crippen LogP contribution in [-0.2, 0) is 0 Å². The van der Waals surface area contributed by atoms with E-state index in [1.807, 2.05) is 55.5 Å². The Morgan fingerprint density at radius 1 is 1.05 bits per heavy atom. The second-order valence-corrected chi connectivity index (χ2v) is 4.16. The topological polar surface area (TPSA) is 38.3 Å². The Morgan fingerprint density at radius 2 is 1.74 bits per heavy atom. The van der Waals surface area contributed by atoms with Gasteiger partial charge in [0, 0.05) is 5.69 Å². The van der Waals surface area contributed by atoms with Gasteiger partial charge in [-0.05, 0) is 30.7 Å². The molecule has 3 nitrogen and oxygen atoms in total. The minimum Gasteiger partial charge on any atom is -0.493 e. The fourth-order valence-corrected chi connectivity index (χ4v) is 1.71. The summed E-state index contributed by atoms with van der Waals surface area (Å²) in [5.74, 6) is 0.468. The molecule has 0 saturated carbocycles. The van der Waals surface area contributed by atoms with Crippen LogP contribution in [0.1, 0.15) is 23.7 Å². The van der Waals surface area contributed by atoms with Crippen molar-refractivity contribution >= 4 is 11.6 Å². The Hall–Kier alpha value is -2.29. The molecule has 2 aromatic carbocycles. The van der Waals surface area contributed by atoms with Crippen LogP contribution in [0.15, 0.2) is 54.6 Å². The van der Waals surface area contributed by atoms with E-state index in [1.54, 1.807) is 6.07 Å². The summed E-state index contributed by atoms with van der Waals surface area (Å²) < 4.78 is 5.58. The number of rotatable bonds is 5. The zero-order valence-electron chi connectivity index (χ0n) is 10.9. The fourth-order valence-electron chi connectivity index (χ4n) is 1.71. The minimum atomic E-state index is -0.155. The van der Waals surface area contributed by atoms with Crippen LogP contribution in [0.2, 0.25) is 0 Å². The first-order valence-electron chi connectivity index (χ1n) is 6.39. The third kappa shape index (κ3) is 3.58. The van der Waals surface area contributed by atoms with Crippen LogP contribution in [0.3, 0.4) is 0 Å². The molecule has 0 saturated heterocycles. The van der Waals surface area contributed by atoms with Crippen LogP contribution in [0.4, 0.5) is 5.69 Å². The van der Waals surface area contributed by atoms with Crippen molar-refractivity contribution in [2.24, 2.45) is 0 Å². The standard InChI is InChI=1S/C16H17NO2/c1-2-12-19-15-11-7-6-10-14(15)16(18)17-13-8-4-3-5-9-13/h3-11H,2,12H2,1H3,(H,17,18). The van der Waals surface area contributed by atoms with Crippen molar-refractivity contribution in [2.45, 2.75) is 13.3 Å². The molecule has 19 heavy (non-hydrogen) atoms. The van der Waals surface area contributed by atoms with E-state index in [0.717, 1.165) is 12.1 Å². The summed E-state index contributed by atoms with van der Waals surface area (Å²) in [5.41, 5.74) is 1.33. The van der Waals surface area contributed by atoms with Gasteiger partial charge in [-0.1, -0.05) is 37.3 Å². The van der Waals surface area contributed by atoms with Crippen LogP contribution in [0, 0.1) is 0 Å². The molecule has 0 bridgehead atoms. The molecule has 0 unspecified atom stereocenters. The van der Waals surface area contributed by atoms with E-state index in [0.29, 0.717) is 17.9 Å². The summed E-state index contributed by atoms with van der Waals surface area (Å²) in [6.45, 7) is 2.64. The average molecular weight is 255 g/mol. The van der Waals surface area contributed by atoms with Gasteiger partial charge >= 0.3 is 0 Å². The molecule has 0 fully saturated rings. The van der Waals surface area contributed by atoms with Crippen LogP contribution in [0.25, 0.3) is 0 Å². The predicted molar refractivity (Wildman–Crippen MR) is 76.6 cm³/mol. The molecule has 0 heterocycles. The molecule has 0 aliphatic carbocycles. The monoisotopic (exact) mass is 255 g/mol. The number of benzene rings is 2. The molecule has 3 heteroatoms. The molecule has 2 aromatic rings. The molecule has 0 atom stereocenters. The van der Waals surface area contributed by atoms with E-state index in [2.05, 4.69) is 5.32 Å². The second kappa shape index (κ2) is 6.59. The fraction of sp³-hybridized carbons (Fsp3) is 0.188. The number of hydrogen-bond donors (Lipinski definition) is 1. The molecular formula is C16H17NO2. The maximum atomic E-state index is 12.2. The van der Waals surface area contributed by atoms with Gasteiger partial charge in [0.15, 0.2) is 0 Å². The zero-order valence-corrected chi connectivity index (χ0v) is 10.9. The van der Waals surface area contributed by atoms with Crippen LogP contribution < -0.4 is 10.1 Å². The lowest BCUT2D eigenvalue weighted by molar-refractivity contribution is 0.102. The third-order valence-electron chi connectivity index (χ3n) is 2.63. The lowest BCUT2D eigenvalue weighted by Gasteiger charge is -2.11. The summed E-state index contributed by atoms with van der Waals surface area (Å²) in [7, 11) is 0. The maximum absolute atomic E-state index is 12.2. The van der Waals surface area contributed by atoms with E-state index in [4.69, 9.17) is 4.74 Å². The number of carbonyl (C=O) groups excluding carboxylic acids is 1. The lowest BCUT2D eigenvalue weighted by Crippen LogP contribution is -2.13. The van der Waals surface area contributed by atoms with Crippen molar-refractivity contribution in [2.75, 3.05) is 11.9 Å². The highest BCUT2D eigenvalue weighted by Crippen LogP contribution is 2.19.